The molecule has 0 saturated heterocycles. The van der Waals surface area contributed by atoms with Gasteiger partial charge in [-0.05, 0) is 55.3 Å². The number of nitrogens with zero attached hydrogens (tertiary/aromatic N) is 3. The van der Waals surface area contributed by atoms with Crippen molar-refractivity contribution in [2.45, 2.75) is 19.0 Å². The molecule has 1 heterocycles. The lowest BCUT2D eigenvalue weighted by Crippen LogP contribution is -2.03. The van der Waals surface area contributed by atoms with Crippen LogP contribution in [0.5, 0.6) is 11.5 Å². The van der Waals surface area contributed by atoms with Gasteiger partial charge in [0.15, 0.2) is 11.0 Å². The Morgan fingerprint density at radius 2 is 1.81 bits per heavy atom. The third-order valence-electron chi connectivity index (χ3n) is 4.10. The Labute approximate surface area is 158 Å². The topological polar surface area (TPSA) is 49.2 Å². The van der Waals surface area contributed by atoms with Gasteiger partial charge in [-0.15, -0.1) is 10.2 Å². The van der Waals surface area contributed by atoms with Crippen molar-refractivity contribution in [1.29, 1.82) is 0 Å². The highest BCUT2D eigenvalue weighted by molar-refractivity contribution is 7.99. The van der Waals surface area contributed by atoms with Crippen molar-refractivity contribution in [3.8, 4) is 22.9 Å². The first kappa shape index (κ1) is 18.3. The van der Waals surface area contributed by atoms with Crippen molar-refractivity contribution in [3.05, 3.63) is 53.6 Å². The summed E-state index contributed by atoms with van der Waals surface area (Å²) in [7, 11) is 3.64. The zero-order valence-corrected chi connectivity index (χ0v) is 16.3. The maximum absolute atomic E-state index is 5.90. The molecule has 0 amide bonds. The molecule has 0 fully saturated rings. The summed E-state index contributed by atoms with van der Waals surface area (Å²) >= 11 is 1.64. The SMILES string of the molecule is COc1ccc(-c2nnc(SCCOc3cc(C)ccc3C)n2C)cc1. The molecule has 26 heavy (non-hydrogen) atoms. The number of aryl methyl sites for hydroxylation is 2. The fourth-order valence-electron chi connectivity index (χ4n) is 2.58. The third kappa shape index (κ3) is 4.19. The summed E-state index contributed by atoms with van der Waals surface area (Å²) in [5.41, 5.74) is 3.37. The van der Waals surface area contributed by atoms with Gasteiger partial charge in [-0.1, -0.05) is 23.9 Å². The Hall–Kier alpha value is -2.47. The second-order valence-electron chi connectivity index (χ2n) is 6.06. The Balaban J connectivity index is 1.59. The molecule has 6 heteroatoms. The van der Waals surface area contributed by atoms with E-state index in [1.807, 2.05) is 35.9 Å². The van der Waals surface area contributed by atoms with Gasteiger partial charge in [0.25, 0.3) is 0 Å². The van der Waals surface area contributed by atoms with Gasteiger partial charge in [0.1, 0.15) is 11.5 Å². The van der Waals surface area contributed by atoms with Crippen molar-refractivity contribution in [2.75, 3.05) is 19.5 Å². The molecule has 136 valence electrons. The zero-order valence-electron chi connectivity index (χ0n) is 15.5. The van der Waals surface area contributed by atoms with Gasteiger partial charge in [0.2, 0.25) is 0 Å². The van der Waals surface area contributed by atoms with E-state index in [1.54, 1.807) is 18.9 Å². The summed E-state index contributed by atoms with van der Waals surface area (Å²) in [6.07, 6.45) is 0. The molecule has 1 aromatic heterocycles. The van der Waals surface area contributed by atoms with E-state index >= 15 is 0 Å². The Morgan fingerprint density at radius 3 is 2.54 bits per heavy atom. The third-order valence-corrected chi connectivity index (χ3v) is 5.08. The number of hydrogen-bond acceptors (Lipinski definition) is 5. The summed E-state index contributed by atoms with van der Waals surface area (Å²) in [6.45, 7) is 4.76. The monoisotopic (exact) mass is 369 g/mol. The molecule has 3 aromatic rings. The molecule has 0 aliphatic heterocycles. The molecule has 0 saturated carbocycles. The lowest BCUT2D eigenvalue weighted by atomic mass is 10.1. The average Bonchev–Trinajstić information content (AvgIpc) is 3.02. The molecule has 5 nitrogen and oxygen atoms in total. The fraction of sp³-hybridized carbons (Fsp3) is 0.300. The maximum Gasteiger partial charge on any atom is 0.191 e. The minimum absolute atomic E-state index is 0.625. The standard InChI is InChI=1S/C20H23N3O2S/c1-14-5-6-15(2)18(13-14)25-11-12-26-20-22-21-19(23(20)3)16-7-9-17(24-4)10-8-16/h5-10,13H,11-12H2,1-4H3. The van der Waals surface area contributed by atoms with E-state index in [9.17, 15) is 0 Å². The number of methoxy groups -OCH3 is 1. The summed E-state index contributed by atoms with van der Waals surface area (Å²) in [5.74, 6) is 3.42. The lowest BCUT2D eigenvalue weighted by Gasteiger charge is -2.09. The summed E-state index contributed by atoms with van der Waals surface area (Å²) in [4.78, 5) is 0. The van der Waals surface area contributed by atoms with E-state index in [0.29, 0.717) is 6.61 Å². The van der Waals surface area contributed by atoms with Crippen molar-refractivity contribution in [1.82, 2.24) is 14.8 Å². The highest BCUT2D eigenvalue weighted by atomic mass is 32.2. The first-order chi connectivity index (χ1) is 12.6. The molecule has 3 rings (SSSR count). The van der Waals surface area contributed by atoms with Crippen LogP contribution in [-0.4, -0.2) is 34.2 Å². The molecule has 0 bridgehead atoms. The van der Waals surface area contributed by atoms with Gasteiger partial charge in [0, 0.05) is 18.4 Å². The van der Waals surface area contributed by atoms with E-state index in [1.165, 1.54) is 5.56 Å². The quantitative estimate of drug-likeness (QED) is 0.460. The largest absolute Gasteiger partial charge is 0.497 e. The van der Waals surface area contributed by atoms with Crippen molar-refractivity contribution < 1.29 is 9.47 Å². The number of ether oxygens (including phenoxy) is 2. The summed E-state index contributed by atoms with van der Waals surface area (Å²) in [6, 6.07) is 14.1. The average molecular weight is 369 g/mol. The van der Waals surface area contributed by atoms with E-state index in [-0.39, 0.29) is 0 Å². The molecule has 0 aliphatic rings. The van der Waals surface area contributed by atoms with Gasteiger partial charge in [-0.3, -0.25) is 0 Å². The minimum Gasteiger partial charge on any atom is -0.497 e. The van der Waals surface area contributed by atoms with Crippen LogP contribution in [0, 0.1) is 13.8 Å². The van der Waals surface area contributed by atoms with Crippen LogP contribution in [0.15, 0.2) is 47.6 Å². The fourth-order valence-corrected chi connectivity index (χ4v) is 3.31. The molecule has 2 aromatic carbocycles. The van der Waals surface area contributed by atoms with Crippen LogP contribution in [0.2, 0.25) is 0 Å². The molecular weight excluding hydrogens is 346 g/mol. The van der Waals surface area contributed by atoms with Gasteiger partial charge < -0.3 is 14.0 Å². The van der Waals surface area contributed by atoms with E-state index in [2.05, 4.69) is 42.2 Å². The zero-order chi connectivity index (χ0) is 18.5. The number of rotatable bonds is 7. The molecule has 0 aliphatic carbocycles. The lowest BCUT2D eigenvalue weighted by molar-refractivity contribution is 0.341. The van der Waals surface area contributed by atoms with Crippen molar-refractivity contribution in [3.63, 3.8) is 0 Å². The molecule has 0 atom stereocenters. The number of hydrogen-bond donors (Lipinski definition) is 0. The Kier molecular flexibility index (Phi) is 5.83. The molecule has 0 N–H and O–H groups in total. The van der Waals surface area contributed by atoms with Gasteiger partial charge >= 0.3 is 0 Å². The van der Waals surface area contributed by atoms with Crippen LogP contribution in [-0.2, 0) is 7.05 Å². The summed E-state index contributed by atoms with van der Waals surface area (Å²) in [5, 5.41) is 9.49. The number of benzene rings is 2. The van der Waals surface area contributed by atoms with Crippen LogP contribution in [0.4, 0.5) is 0 Å². The van der Waals surface area contributed by atoms with E-state index in [4.69, 9.17) is 9.47 Å². The highest BCUT2D eigenvalue weighted by Crippen LogP contribution is 2.25. The highest BCUT2D eigenvalue weighted by Gasteiger charge is 2.11. The van der Waals surface area contributed by atoms with E-state index < -0.39 is 0 Å². The Bertz CT molecular complexity index is 875. The maximum atomic E-state index is 5.90. The van der Waals surface area contributed by atoms with Crippen LogP contribution in [0.3, 0.4) is 0 Å². The first-order valence-corrected chi connectivity index (χ1v) is 9.43. The predicted octanol–water partition coefficient (Wildman–Crippen LogP) is 4.28. The molecular formula is C20H23N3O2S. The molecule has 0 unspecified atom stereocenters. The van der Waals surface area contributed by atoms with Crippen LogP contribution < -0.4 is 9.47 Å². The number of thioether (sulfide) groups is 1. The van der Waals surface area contributed by atoms with Crippen LogP contribution in [0.1, 0.15) is 11.1 Å². The normalized spacial score (nSPS) is 10.8. The molecule has 0 radical (unpaired) electrons. The van der Waals surface area contributed by atoms with E-state index in [0.717, 1.165) is 39.4 Å². The predicted molar refractivity (Wildman–Crippen MR) is 105 cm³/mol. The van der Waals surface area contributed by atoms with Crippen LogP contribution in [0.25, 0.3) is 11.4 Å². The smallest absolute Gasteiger partial charge is 0.191 e. The second kappa shape index (κ2) is 8.27. The van der Waals surface area contributed by atoms with Gasteiger partial charge in [-0.2, -0.15) is 0 Å². The number of aromatic nitrogens is 3. The van der Waals surface area contributed by atoms with Gasteiger partial charge in [-0.25, -0.2) is 0 Å². The first-order valence-electron chi connectivity index (χ1n) is 8.45. The van der Waals surface area contributed by atoms with Crippen molar-refractivity contribution in [2.24, 2.45) is 7.05 Å². The second-order valence-corrected chi connectivity index (χ2v) is 7.12. The minimum atomic E-state index is 0.625. The van der Waals surface area contributed by atoms with Gasteiger partial charge in [0.05, 0.1) is 13.7 Å². The Morgan fingerprint density at radius 1 is 1.04 bits per heavy atom. The summed E-state index contributed by atoms with van der Waals surface area (Å²) < 4.78 is 13.1. The molecule has 0 spiro atoms. The van der Waals surface area contributed by atoms with Crippen LogP contribution >= 0.6 is 11.8 Å². The van der Waals surface area contributed by atoms with Crippen molar-refractivity contribution >= 4 is 11.8 Å².